The van der Waals surface area contributed by atoms with Crippen LogP contribution in [0.15, 0.2) is 35.9 Å². The topological polar surface area (TPSA) is 99.1 Å². The van der Waals surface area contributed by atoms with E-state index in [1.807, 2.05) is 24.3 Å². The molecule has 170 valence electrons. The van der Waals surface area contributed by atoms with Crippen LogP contribution in [-0.2, 0) is 9.59 Å². The molecule has 0 radical (unpaired) electrons. The molecule has 0 fully saturated rings. The molecule has 7 heteroatoms. The second-order valence-corrected chi connectivity index (χ2v) is 8.18. The molecule has 4 atom stereocenters. The van der Waals surface area contributed by atoms with Crippen molar-refractivity contribution in [1.82, 2.24) is 10.2 Å². The van der Waals surface area contributed by atoms with Crippen LogP contribution < -0.4 is 10.1 Å². The quantitative estimate of drug-likeness (QED) is 0.494. The molecule has 3 N–H and O–H groups in total. The van der Waals surface area contributed by atoms with Gasteiger partial charge in [-0.05, 0) is 18.6 Å². The third kappa shape index (κ3) is 4.93. The molecule has 2 amide bonds. The van der Waals surface area contributed by atoms with E-state index in [0.717, 1.165) is 31.2 Å². The number of unbranched alkanes of at least 4 members (excludes halogenated alkanes) is 3. The van der Waals surface area contributed by atoms with Crippen molar-refractivity contribution >= 4 is 11.8 Å². The van der Waals surface area contributed by atoms with Gasteiger partial charge in [0.25, 0.3) is 0 Å². The van der Waals surface area contributed by atoms with Crippen LogP contribution in [0.4, 0.5) is 0 Å². The number of hydrogen-bond donors (Lipinski definition) is 3. The first kappa shape index (κ1) is 23.3. The Kier molecular flexibility index (Phi) is 8.09. The first-order chi connectivity index (χ1) is 15.0. The van der Waals surface area contributed by atoms with Gasteiger partial charge in [-0.1, -0.05) is 51.3 Å². The van der Waals surface area contributed by atoms with Crippen molar-refractivity contribution in [1.29, 1.82) is 0 Å². The van der Waals surface area contributed by atoms with Crippen molar-refractivity contribution in [2.45, 2.75) is 70.1 Å². The van der Waals surface area contributed by atoms with Crippen LogP contribution >= 0.6 is 0 Å². The van der Waals surface area contributed by atoms with Gasteiger partial charge in [0.15, 0.2) is 0 Å². The van der Waals surface area contributed by atoms with Crippen molar-refractivity contribution in [3.63, 3.8) is 0 Å². The fraction of sp³-hybridized carbons (Fsp3) is 0.583. The molecule has 1 aliphatic carbocycles. The summed E-state index contributed by atoms with van der Waals surface area (Å²) in [5.41, 5.74) is 1.33. The van der Waals surface area contributed by atoms with E-state index in [4.69, 9.17) is 9.84 Å². The normalized spacial score (nSPS) is 23.9. The van der Waals surface area contributed by atoms with E-state index < -0.39 is 24.2 Å². The van der Waals surface area contributed by atoms with Crippen LogP contribution in [0.1, 0.15) is 57.4 Å². The maximum atomic E-state index is 13.0. The van der Waals surface area contributed by atoms with E-state index in [-0.39, 0.29) is 25.0 Å². The number of aliphatic hydroxyl groups is 2. The van der Waals surface area contributed by atoms with Gasteiger partial charge < -0.3 is 25.2 Å². The number of nitrogens with zero attached hydrogens (tertiary/aromatic N) is 1. The molecule has 0 aromatic heterocycles. The fourth-order valence-electron chi connectivity index (χ4n) is 4.54. The predicted molar refractivity (Wildman–Crippen MR) is 118 cm³/mol. The van der Waals surface area contributed by atoms with Gasteiger partial charge in [-0.3, -0.25) is 9.59 Å². The standard InChI is InChI=1S/C24H34N2O5/c1-3-5-6-9-13-26(20(28)4-2)18-15-17(24(30)25-12-14-27)21-16-10-7-8-11-19(16)31-23(21)22(18)29/h7-8,10-11,15,18,21-23,27,29H,3-6,9,12-14H2,1-2H3,(H,25,30). The van der Waals surface area contributed by atoms with E-state index in [0.29, 0.717) is 24.3 Å². The lowest BCUT2D eigenvalue weighted by Gasteiger charge is -2.40. The lowest BCUT2D eigenvalue weighted by atomic mass is 9.77. The summed E-state index contributed by atoms with van der Waals surface area (Å²) in [4.78, 5) is 27.5. The predicted octanol–water partition coefficient (Wildman–Crippen LogP) is 2.13. The number of hydrogen-bond acceptors (Lipinski definition) is 5. The minimum Gasteiger partial charge on any atom is -0.486 e. The Morgan fingerprint density at radius 2 is 1.94 bits per heavy atom. The molecule has 1 aliphatic heterocycles. The number of ether oxygens (including phenoxy) is 1. The Balaban J connectivity index is 1.95. The molecule has 4 unspecified atom stereocenters. The monoisotopic (exact) mass is 430 g/mol. The van der Waals surface area contributed by atoms with E-state index >= 15 is 0 Å². The first-order valence-corrected chi connectivity index (χ1v) is 11.4. The van der Waals surface area contributed by atoms with E-state index in [2.05, 4.69) is 12.2 Å². The SMILES string of the molecule is CCCCCCN(C(=O)CC)C1C=C(C(=O)NCCO)C2c3ccccc3OC2C1O. The summed E-state index contributed by atoms with van der Waals surface area (Å²) in [5, 5.41) is 23.1. The van der Waals surface area contributed by atoms with Gasteiger partial charge in [0.1, 0.15) is 18.0 Å². The molecule has 31 heavy (non-hydrogen) atoms. The Hall–Kier alpha value is -2.38. The maximum absolute atomic E-state index is 13.0. The molecule has 7 nitrogen and oxygen atoms in total. The summed E-state index contributed by atoms with van der Waals surface area (Å²) in [6, 6.07) is 6.83. The number of carbonyl (C=O) groups excluding carboxylic acids is 2. The van der Waals surface area contributed by atoms with Crippen molar-refractivity contribution in [2.24, 2.45) is 0 Å². The molecular weight excluding hydrogens is 396 g/mol. The van der Waals surface area contributed by atoms with Crippen LogP contribution in [-0.4, -0.2) is 64.9 Å². The van der Waals surface area contributed by atoms with Crippen LogP contribution in [0.3, 0.4) is 0 Å². The number of carbonyl (C=O) groups is 2. The molecule has 0 saturated carbocycles. The van der Waals surface area contributed by atoms with Gasteiger partial charge in [0.2, 0.25) is 11.8 Å². The zero-order valence-corrected chi connectivity index (χ0v) is 18.4. The summed E-state index contributed by atoms with van der Waals surface area (Å²) in [5.74, 6) is -0.133. The Labute approximate surface area is 184 Å². The van der Waals surface area contributed by atoms with E-state index in [9.17, 15) is 14.7 Å². The molecule has 0 spiro atoms. The Bertz CT molecular complexity index is 809. The van der Waals surface area contributed by atoms with Crippen molar-refractivity contribution in [3.8, 4) is 5.75 Å². The Morgan fingerprint density at radius 1 is 1.16 bits per heavy atom. The van der Waals surface area contributed by atoms with Gasteiger partial charge in [-0.15, -0.1) is 0 Å². The zero-order chi connectivity index (χ0) is 22.4. The van der Waals surface area contributed by atoms with Crippen LogP contribution in [0, 0.1) is 0 Å². The van der Waals surface area contributed by atoms with E-state index in [1.165, 1.54) is 0 Å². The minimum absolute atomic E-state index is 0.0547. The number of nitrogens with one attached hydrogen (secondary N) is 1. The maximum Gasteiger partial charge on any atom is 0.247 e. The Morgan fingerprint density at radius 3 is 2.65 bits per heavy atom. The third-order valence-corrected chi connectivity index (χ3v) is 6.11. The molecule has 2 aliphatic rings. The molecular formula is C24H34N2O5. The average Bonchev–Trinajstić information content (AvgIpc) is 3.18. The zero-order valence-electron chi connectivity index (χ0n) is 18.4. The molecule has 1 heterocycles. The lowest BCUT2D eigenvalue weighted by Crippen LogP contribution is -2.56. The fourth-order valence-corrected chi connectivity index (χ4v) is 4.54. The highest BCUT2D eigenvalue weighted by atomic mass is 16.5. The molecule has 1 aromatic carbocycles. The highest BCUT2D eigenvalue weighted by Crippen LogP contribution is 2.47. The van der Waals surface area contributed by atoms with Gasteiger partial charge in [-0.2, -0.15) is 0 Å². The molecule has 0 bridgehead atoms. The van der Waals surface area contributed by atoms with Crippen LogP contribution in [0.5, 0.6) is 5.75 Å². The number of aliphatic hydroxyl groups excluding tert-OH is 2. The number of benzene rings is 1. The summed E-state index contributed by atoms with van der Waals surface area (Å²) in [7, 11) is 0. The van der Waals surface area contributed by atoms with Crippen molar-refractivity contribution < 1.29 is 24.5 Å². The second-order valence-electron chi connectivity index (χ2n) is 8.18. The molecule has 0 saturated heterocycles. The summed E-state index contributed by atoms with van der Waals surface area (Å²) in [6.45, 7) is 4.44. The smallest absolute Gasteiger partial charge is 0.247 e. The highest BCUT2D eigenvalue weighted by Gasteiger charge is 2.50. The van der Waals surface area contributed by atoms with Crippen molar-refractivity contribution in [3.05, 3.63) is 41.5 Å². The van der Waals surface area contributed by atoms with Gasteiger partial charge >= 0.3 is 0 Å². The minimum atomic E-state index is -0.950. The largest absolute Gasteiger partial charge is 0.486 e. The summed E-state index contributed by atoms with van der Waals surface area (Å²) < 4.78 is 6.09. The molecule has 1 aromatic rings. The number of amides is 2. The number of para-hydroxylation sites is 1. The number of fused-ring (bicyclic) bond motifs is 3. The first-order valence-electron chi connectivity index (χ1n) is 11.4. The highest BCUT2D eigenvalue weighted by molar-refractivity contribution is 5.96. The van der Waals surface area contributed by atoms with Gasteiger partial charge in [0, 0.05) is 30.6 Å². The second kappa shape index (κ2) is 10.8. The molecule has 3 rings (SSSR count). The third-order valence-electron chi connectivity index (χ3n) is 6.11. The van der Waals surface area contributed by atoms with Crippen LogP contribution in [0.2, 0.25) is 0 Å². The average molecular weight is 431 g/mol. The summed E-state index contributed by atoms with van der Waals surface area (Å²) in [6.07, 6.45) is 4.50. The van der Waals surface area contributed by atoms with Crippen molar-refractivity contribution in [2.75, 3.05) is 19.7 Å². The van der Waals surface area contributed by atoms with Crippen LogP contribution in [0.25, 0.3) is 0 Å². The number of rotatable bonds is 10. The van der Waals surface area contributed by atoms with E-state index in [1.54, 1.807) is 17.9 Å². The van der Waals surface area contributed by atoms with Gasteiger partial charge in [0.05, 0.1) is 18.6 Å². The summed E-state index contributed by atoms with van der Waals surface area (Å²) >= 11 is 0. The van der Waals surface area contributed by atoms with Gasteiger partial charge in [-0.25, -0.2) is 0 Å². The lowest BCUT2D eigenvalue weighted by molar-refractivity contribution is -0.137.